The fraction of sp³-hybridized carbons (Fsp3) is 0.263. The van der Waals surface area contributed by atoms with Gasteiger partial charge in [-0.3, -0.25) is 4.79 Å². The standard InChI is InChI=1S/C19H20N2O2S/c1-2-7-16(14-8-4-3-5-9-14)18(22)20-12-15-13-23-19(21-15)17-10-6-11-24-17/h3-6,8-11,13,16H,2,7,12H2,1H3,(H,20,22)/t16-/m1/s1. The van der Waals surface area contributed by atoms with Gasteiger partial charge < -0.3 is 9.73 Å². The number of rotatable bonds is 7. The van der Waals surface area contributed by atoms with Gasteiger partial charge >= 0.3 is 0 Å². The summed E-state index contributed by atoms with van der Waals surface area (Å²) < 4.78 is 5.48. The molecule has 0 fully saturated rings. The number of aromatic nitrogens is 1. The van der Waals surface area contributed by atoms with E-state index in [-0.39, 0.29) is 11.8 Å². The topological polar surface area (TPSA) is 55.1 Å². The summed E-state index contributed by atoms with van der Waals surface area (Å²) in [6.07, 6.45) is 3.39. The van der Waals surface area contributed by atoms with Gasteiger partial charge in [-0.2, -0.15) is 0 Å². The first-order valence-electron chi connectivity index (χ1n) is 8.09. The number of oxazole rings is 1. The van der Waals surface area contributed by atoms with Gasteiger partial charge in [-0.25, -0.2) is 4.98 Å². The molecular weight excluding hydrogens is 320 g/mol. The minimum Gasteiger partial charge on any atom is -0.443 e. The van der Waals surface area contributed by atoms with Gasteiger partial charge in [0.2, 0.25) is 11.8 Å². The highest BCUT2D eigenvalue weighted by molar-refractivity contribution is 7.13. The second kappa shape index (κ2) is 7.93. The molecule has 0 aliphatic rings. The number of benzene rings is 1. The van der Waals surface area contributed by atoms with Gasteiger partial charge in [0.15, 0.2) is 0 Å². The zero-order valence-corrected chi connectivity index (χ0v) is 14.4. The van der Waals surface area contributed by atoms with E-state index < -0.39 is 0 Å². The maximum Gasteiger partial charge on any atom is 0.236 e. The third kappa shape index (κ3) is 3.92. The molecule has 0 bridgehead atoms. The van der Waals surface area contributed by atoms with Crippen LogP contribution in [-0.4, -0.2) is 10.9 Å². The molecule has 1 amide bonds. The Morgan fingerprint density at radius 2 is 2.08 bits per heavy atom. The minimum atomic E-state index is -0.125. The third-order valence-electron chi connectivity index (χ3n) is 3.82. The van der Waals surface area contributed by atoms with Gasteiger partial charge in [-0.05, 0) is 23.4 Å². The number of nitrogens with zero attached hydrogens (tertiary/aromatic N) is 1. The molecule has 0 radical (unpaired) electrons. The lowest BCUT2D eigenvalue weighted by Crippen LogP contribution is -2.29. The molecule has 0 spiro atoms. The molecule has 5 heteroatoms. The Morgan fingerprint density at radius 3 is 2.79 bits per heavy atom. The van der Waals surface area contributed by atoms with Crippen LogP contribution in [0.2, 0.25) is 0 Å². The van der Waals surface area contributed by atoms with Crippen molar-refractivity contribution >= 4 is 17.2 Å². The maximum absolute atomic E-state index is 12.6. The second-order valence-corrected chi connectivity index (χ2v) is 6.54. The Balaban J connectivity index is 1.63. The van der Waals surface area contributed by atoms with Crippen LogP contribution in [0.25, 0.3) is 10.8 Å². The molecule has 0 aliphatic heterocycles. The molecule has 0 unspecified atom stereocenters. The number of hydrogen-bond acceptors (Lipinski definition) is 4. The van der Waals surface area contributed by atoms with E-state index in [1.54, 1.807) is 17.6 Å². The Hall–Kier alpha value is -2.40. The Bertz CT molecular complexity index is 766. The van der Waals surface area contributed by atoms with Gasteiger partial charge in [-0.15, -0.1) is 11.3 Å². The van der Waals surface area contributed by atoms with Crippen molar-refractivity contribution in [3.05, 3.63) is 65.4 Å². The van der Waals surface area contributed by atoms with Crippen molar-refractivity contribution in [3.63, 3.8) is 0 Å². The smallest absolute Gasteiger partial charge is 0.236 e. The summed E-state index contributed by atoms with van der Waals surface area (Å²) in [5.74, 6) is 0.506. The van der Waals surface area contributed by atoms with E-state index in [9.17, 15) is 4.79 Å². The van der Waals surface area contributed by atoms with E-state index in [1.165, 1.54) is 0 Å². The molecule has 3 aromatic rings. The van der Waals surface area contributed by atoms with Crippen LogP contribution in [0.3, 0.4) is 0 Å². The first kappa shape index (κ1) is 16.5. The average molecular weight is 340 g/mol. The molecule has 1 aromatic carbocycles. The van der Waals surface area contributed by atoms with Crippen LogP contribution in [-0.2, 0) is 11.3 Å². The van der Waals surface area contributed by atoms with E-state index in [0.29, 0.717) is 12.4 Å². The minimum absolute atomic E-state index is 0.0312. The predicted molar refractivity (Wildman–Crippen MR) is 95.8 cm³/mol. The number of amides is 1. The van der Waals surface area contributed by atoms with Gasteiger partial charge in [0.05, 0.1) is 23.0 Å². The maximum atomic E-state index is 12.6. The fourth-order valence-electron chi connectivity index (χ4n) is 2.63. The number of hydrogen-bond donors (Lipinski definition) is 1. The van der Waals surface area contributed by atoms with Gasteiger partial charge in [0, 0.05) is 0 Å². The molecule has 24 heavy (non-hydrogen) atoms. The van der Waals surface area contributed by atoms with Crippen LogP contribution < -0.4 is 5.32 Å². The Labute approximate surface area is 145 Å². The lowest BCUT2D eigenvalue weighted by Gasteiger charge is -2.16. The van der Waals surface area contributed by atoms with Crippen molar-refractivity contribution in [1.82, 2.24) is 10.3 Å². The quantitative estimate of drug-likeness (QED) is 0.684. The van der Waals surface area contributed by atoms with E-state index in [4.69, 9.17) is 4.42 Å². The Kier molecular flexibility index (Phi) is 5.43. The zero-order chi connectivity index (χ0) is 16.8. The fourth-order valence-corrected chi connectivity index (χ4v) is 3.28. The van der Waals surface area contributed by atoms with E-state index in [0.717, 1.165) is 29.0 Å². The van der Waals surface area contributed by atoms with Gasteiger partial charge in [0.25, 0.3) is 0 Å². The molecule has 0 saturated heterocycles. The first-order chi connectivity index (χ1) is 11.8. The van der Waals surface area contributed by atoms with E-state index in [2.05, 4.69) is 17.2 Å². The van der Waals surface area contributed by atoms with Crippen LogP contribution in [0.5, 0.6) is 0 Å². The molecule has 0 saturated carbocycles. The molecular formula is C19H20N2O2S. The van der Waals surface area contributed by atoms with Crippen LogP contribution in [0.4, 0.5) is 0 Å². The summed E-state index contributed by atoms with van der Waals surface area (Å²) in [5, 5.41) is 4.97. The van der Waals surface area contributed by atoms with Crippen molar-refractivity contribution in [3.8, 4) is 10.8 Å². The van der Waals surface area contributed by atoms with Crippen molar-refractivity contribution in [2.45, 2.75) is 32.2 Å². The van der Waals surface area contributed by atoms with Crippen molar-refractivity contribution in [2.24, 2.45) is 0 Å². The molecule has 4 nitrogen and oxygen atoms in total. The monoisotopic (exact) mass is 340 g/mol. The first-order valence-corrected chi connectivity index (χ1v) is 8.97. The van der Waals surface area contributed by atoms with Crippen molar-refractivity contribution in [1.29, 1.82) is 0 Å². The molecule has 1 atom stereocenters. The lowest BCUT2D eigenvalue weighted by atomic mass is 9.93. The van der Waals surface area contributed by atoms with Crippen LogP contribution in [0.15, 0.2) is 58.5 Å². The molecule has 0 aliphatic carbocycles. The molecule has 2 heterocycles. The SMILES string of the molecule is CCC[C@@H](C(=O)NCc1coc(-c2cccs2)n1)c1ccccc1. The number of nitrogens with one attached hydrogen (secondary N) is 1. The lowest BCUT2D eigenvalue weighted by molar-refractivity contribution is -0.122. The molecule has 1 N–H and O–H groups in total. The average Bonchev–Trinajstić information content (AvgIpc) is 3.29. The largest absolute Gasteiger partial charge is 0.443 e. The van der Waals surface area contributed by atoms with E-state index >= 15 is 0 Å². The van der Waals surface area contributed by atoms with Crippen molar-refractivity contribution < 1.29 is 9.21 Å². The summed E-state index contributed by atoms with van der Waals surface area (Å²) in [6.45, 7) is 2.47. The molecule has 2 aromatic heterocycles. The molecule has 3 rings (SSSR count). The van der Waals surface area contributed by atoms with Crippen LogP contribution in [0, 0.1) is 0 Å². The van der Waals surface area contributed by atoms with Gasteiger partial charge in [0.1, 0.15) is 6.26 Å². The zero-order valence-electron chi connectivity index (χ0n) is 13.6. The number of carbonyl (C=O) groups excluding carboxylic acids is 1. The molecule has 124 valence electrons. The highest BCUT2D eigenvalue weighted by Gasteiger charge is 2.19. The summed E-state index contributed by atoms with van der Waals surface area (Å²) in [6, 6.07) is 13.8. The Morgan fingerprint density at radius 1 is 1.25 bits per heavy atom. The number of carbonyl (C=O) groups is 1. The van der Waals surface area contributed by atoms with Crippen molar-refractivity contribution in [2.75, 3.05) is 0 Å². The second-order valence-electron chi connectivity index (χ2n) is 5.59. The summed E-state index contributed by atoms with van der Waals surface area (Å²) in [5.41, 5.74) is 1.78. The summed E-state index contributed by atoms with van der Waals surface area (Å²) in [7, 11) is 0. The van der Waals surface area contributed by atoms with E-state index in [1.807, 2.05) is 47.8 Å². The summed E-state index contributed by atoms with van der Waals surface area (Å²) in [4.78, 5) is 18.0. The third-order valence-corrected chi connectivity index (χ3v) is 4.68. The van der Waals surface area contributed by atoms with Gasteiger partial charge in [-0.1, -0.05) is 49.7 Å². The normalized spacial score (nSPS) is 12.0. The number of thiophene rings is 1. The summed E-state index contributed by atoms with van der Waals surface area (Å²) >= 11 is 1.58. The van der Waals surface area contributed by atoms with Crippen LogP contribution in [0.1, 0.15) is 36.9 Å². The predicted octanol–water partition coefficient (Wildman–Crippen LogP) is 4.60. The van der Waals surface area contributed by atoms with Crippen LogP contribution >= 0.6 is 11.3 Å². The highest BCUT2D eigenvalue weighted by Crippen LogP contribution is 2.24. The highest BCUT2D eigenvalue weighted by atomic mass is 32.1.